The summed E-state index contributed by atoms with van der Waals surface area (Å²) in [5, 5.41) is 18.5. The molecule has 19 heavy (non-hydrogen) atoms. The summed E-state index contributed by atoms with van der Waals surface area (Å²) in [6, 6.07) is 1.22. The lowest BCUT2D eigenvalue weighted by atomic mass is 9.77. The van der Waals surface area contributed by atoms with E-state index in [9.17, 15) is 14.2 Å². The lowest BCUT2D eigenvalue weighted by Crippen LogP contribution is -2.35. The van der Waals surface area contributed by atoms with E-state index in [-0.39, 0.29) is 36.4 Å². The first-order valence-corrected chi connectivity index (χ1v) is 5.72. The molecule has 1 heterocycles. The van der Waals surface area contributed by atoms with Gasteiger partial charge in [0.05, 0.1) is 6.61 Å². The fourth-order valence-electron chi connectivity index (χ4n) is 1.82. The van der Waals surface area contributed by atoms with Crippen LogP contribution in [-0.2, 0) is 15.9 Å². The van der Waals surface area contributed by atoms with Crippen molar-refractivity contribution < 1.29 is 28.7 Å². The zero-order chi connectivity index (χ0) is 14.0. The summed E-state index contributed by atoms with van der Waals surface area (Å²) < 4.78 is 24.1. The van der Waals surface area contributed by atoms with E-state index >= 15 is 0 Å². The Labute approximate surface area is 109 Å². The third kappa shape index (κ3) is 3.03. The first kappa shape index (κ1) is 13.8. The molecular formula is C11H13BFNO5. The molecule has 0 amide bonds. The normalized spacial score (nSPS) is 16.3. The van der Waals surface area contributed by atoms with E-state index in [2.05, 4.69) is 0 Å². The number of nitrogens with two attached hydrogens (primary N) is 1. The maximum absolute atomic E-state index is 13.8. The van der Waals surface area contributed by atoms with Crippen molar-refractivity contribution in [3.8, 4) is 5.75 Å². The van der Waals surface area contributed by atoms with Gasteiger partial charge >= 0.3 is 13.1 Å². The predicted molar refractivity (Wildman–Crippen MR) is 64.8 cm³/mol. The Morgan fingerprint density at radius 1 is 1.53 bits per heavy atom. The van der Waals surface area contributed by atoms with Gasteiger partial charge < -0.3 is 25.3 Å². The maximum atomic E-state index is 13.8. The minimum Gasteiger partial charge on any atom is -0.492 e. The highest BCUT2D eigenvalue weighted by Gasteiger charge is 2.27. The average Bonchev–Trinajstić information content (AvgIpc) is 2.52. The highest BCUT2D eigenvalue weighted by molar-refractivity contribution is 6.61. The Morgan fingerprint density at radius 2 is 2.26 bits per heavy atom. The molecule has 1 aliphatic rings. The van der Waals surface area contributed by atoms with Crippen LogP contribution in [0.15, 0.2) is 12.1 Å². The van der Waals surface area contributed by atoms with E-state index in [1.807, 2.05) is 0 Å². The van der Waals surface area contributed by atoms with Crippen molar-refractivity contribution in [2.45, 2.75) is 12.5 Å². The molecule has 0 saturated heterocycles. The third-order valence-electron chi connectivity index (χ3n) is 2.82. The number of carbonyl (C=O) groups is 1. The van der Waals surface area contributed by atoms with Crippen molar-refractivity contribution in [1.82, 2.24) is 0 Å². The van der Waals surface area contributed by atoms with Crippen LogP contribution >= 0.6 is 0 Å². The molecule has 0 bridgehead atoms. The van der Waals surface area contributed by atoms with E-state index < -0.39 is 24.9 Å². The Kier molecular flexibility index (Phi) is 4.03. The van der Waals surface area contributed by atoms with Crippen LogP contribution in [0.3, 0.4) is 0 Å². The number of rotatable bonds is 3. The highest BCUT2D eigenvalue weighted by atomic mass is 19.1. The fourth-order valence-corrected chi connectivity index (χ4v) is 1.82. The van der Waals surface area contributed by atoms with Crippen LogP contribution in [0.2, 0.25) is 0 Å². The third-order valence-corrected chi connectivity index (χ3v) is 2.82. The smallest absolute Gasteiger partial charge is 0.492 e. The number of benzene rings is 1. The molecule has 2 rings (SSSR count). The molecule has 1 unspecified atom stereocenters. The first-order chi connectivity index (χ1) is 8.99. The van der Waals surface area contributed by atoms with Gasteiger partial charge in [0.2, 0.25) is 0 Å². The van der Waals surface area contributed by atoms with Crippen molar-refractivity contribution in [2.24, 2.45) is 5.73 Å². The van der Waals surface area contributed by atoms with Crippen LogP contribution < -0.4 is 15.9 Å². The van der Waals surface area contributed by atoms with Gasteiger partial charge in [-0.2, -0.15) is 0 Å². The monoisotopic (exact) mass is 269 g/mol. The van der Waals surface area contributed by atoms with Crippen molar-refractivity contribution in [2.75, 3.05) is 13.2 Å². The number of hydrogen-bond donors (Lipinski definition) is 3. The van der Waals surface area contributed by atoms with Gasteiger partial charge in [0.1, 0.15) is 24.2 Å². The quantitative estimate of drug-likeness (QED) is 0.600. The molecule has 1 aromatic rings. The zero-order valence-corrected chi connectivity index (χ0v) is 10.0. The molecule has 4 N–H and O–H groups in total. The Morgan fingerprint density at radius 3 is 2.95 bits per heavy atom. The minimum absolute atomic E-state index is 0.0989. The maximum Gasteiger partial charge on any atom is 0.495 e. The van der Waals surface area contributed by atoms with Crippen LogP contribution in [0.1, 0.15) is 5.56 Å². The summed E-state index contributed by atoms with van der Waals surface area (Å²) in [6.07, 6.45) is -0.179. The van der Waals surface area contributed by atoms with E-state index in [1.54, 1.807) is 0 Å². The molecule has 1 atom stereocenters. The number of ether oxygens (including phenoxy) is 1. The Hall–Kier alpha value is -1.64. The summed E-state index contributed by atoms with van der Waals surface area (Å²) in [6.45, 7) is 0.388. The minimum atomic E-state index is -1.22. The van der Waals surface area contributed by atoms with E-state index in [0.717, 1.165) is 6.07 Å². The van der Waals surface area contributed by atoms with Crippen molar-refractivity contribution in [3.63, 3.8) is 0 Å². The van der Waals surface area contributed by atoms with Gasteiger partial charge in [-0.15, -0.1) is 0 Å². The number of halogens is 1. The largest absolute Gasteiger partial charge is 0.495 e. The van der Waals surface area contributed by atoms with E-state index in [1.165, 1.54) is 6.07 Å². The average molecular weight is 269 g/mol. The molecule has 8 heteroatoms. The molecule has 0 aliphatic carbocycles. The number of carboxylic acids is 1. The van der Waals surface area contributed by atoms with Crippen LogP contribution in [0, 0.1) is 5.82 Å². The molecule has 0 saturated carbocycles. The van der Waals surface area contributed by atoms with Gasteiger partial charge in [-0.05, 0) is 5.56 Å². The topological polar surface area (TPSA) is 102 Å². The van der Waals surface area contributed by atoms with Crippen LogP contribution in [0.5, 0.6) is 5.75 Å². The summed E-state index contributed by atoms with van der Waals surface area (Å²) >= 11 is 0. The van der Waals surface area contributed by atoms with Crippen molar-refractivity contribution in [3.05, 3.63) is 23.5 Å². The molecule has 1 aromatic carbocycles. The lowest BCUT2D eigenvalue weighted by Gasteiger charge is -2.12. The second-order valence-electron chi connectivity index (χ2n) is 4.20. The summed E-state index contributed by atoms with van der Waals surface area (Å²) in [5.41, 5.74) is 5.74. The molecule has 0 aromatic heterocycles. The molecule has 0 radical (unpaired) electrons. The van der Waals surface area contributed by atoms with Gasteiger partial charge in [-0.3, -0.25) is 4.79 Å². The summed E-state index contributed by atoms with van der Waals surface area (Å²) in [7, 11) is -1.22. The number of aliphatic carboxylic acids is 1. The van der Waals surface area contributed by atoms with Crippen LogP contribution in [0.25, 0.3) is 0 Å². The molecule has 0 fully saturated rings. The SMILES string of the molecule is NC(Cc1cc2c(cc1F)OCCOB2O)C(=O)O. The van der Waals surface area contributed by atoms with Crippen LogP contribution in [-0.4, -0.2) is 42.5 Å². The van der Waals surface area contributed by atoms with Gasteiger partial charge in [0.25, 0.3) is 0 Å². The number of hydrogen-bond acceptors (Lipinski definition) is 5. The first-order valence-electron chi connectivity index (χ1n) is 5.72. The molecule has 6 nitrogen and oxygen atoms in total. The Bertz CT molecular complexity index is 498. The van der Waals surface area contributed by atoms with Gasteiger partial charge in [-0.1, -0.05) is 6.07 Å². The van der Waals surface area contributed by atoms with Gasteiger partial charge in [0, 0.05) is 17.9 Å². The summed E-state index contributed by atoms with van der Waals surface area (Å²) in [4.78, 5) is 10.7. The summed E-state index contributed by atoms with van der Waals surface area (Å²) in [5.74, 6) is -1.65. The number of carboxylic acid groups (broad SMARTS) is 1. The number of fused-ring (bicyclic) bond motifs is 1. The molecule has 1 aliphatic heterocycles. The highest BCUT2D eigenvalue weighted by Crippen LogP contribution is 2.18. The standard InChI is InChI=1S/C11H13BFNO5/c13-8-5-10-7(12(17)19-2-1-18-10)3-6(8)4-9(14)11(15)16/h3,5,9,17H,1-2,4,14H2,(H,15,16). The lowest BCUT2D eigenvalue weighted by molar-refractivity contribution is -0.138. The van der Waals surface area contributed by atoms with Crippen molar-refractivity contribution >= 4 is 18.6 Å². The fraction of sp³-hybridized carbons (Fsp3) is 0.364. The second kappa shape index (κ2) is 5.56. The molecule has 102 valence electrons. The van der Waals surface area contributed by atoms with Crippen molar-refractivity contribution in [1.29, 1.82) is 0 Å². The van der Waals surface area contributed by atoms with Crippen LogP contribution in [0.4, 0.5) is 4.39 Å². The zero-order valence-electron chi connectivity index (χ0n) is 10.0. The van der Waals surface area contributed by atoms with Gasteiger partial charge in [0.15, 0.2) is 0 Å². The molecule has 0 spiro atoms. The molecular weight excluding hydrogens is 256 g/mol. The van der Waals surface area contributed by atoms with E-state index in [0.29, 0.717) is 0 Å². The Balaban J connectivity index is 2.33. The van der Waals surface area contributed by atoms with E-state index in [4.69, 9.17) is 20.2 Å². The predicted octanol–water partition coefficient (Wildman–Crippen LogP) is -1.12. The second-order valence-corrected chi connectivity index (χ2v) is 4.20. The van der Waals surface area contributed by atoms with Gasteiger partial charge in [-0.25, -0.2) is 4.39 Å².